The Bertz CT molecular complexity index is 869. The highest BCUT2D eigenvalue weighted by Crippen LogP contribution is 2.28. The van der Waals surface area contributed by atoms with Crippen LogP contribution in [0.25, 0.3) is 10.2 Å². The number of ether oxygens (including phenoxy) is 1. The highest BCUT2D eigenvalue weighted by molar-refractivity contribution is 8.22. The SMILES string of the molecule is CCOC(=O)c1sc2nc(CSC(=S)N3CCCC3)[nH]c(=O)c2c1C. The molecule has 3 rings (SSSR count). The van der Waals surface area contributed by atoms with Gasteiger partial charge in [0.1, 0.15) is 19.9 Å². The van der Waals surface area contributed by atoms with Gasteiger partial charge in [0.25, 0.3) is 5.56 Å². The molecule has 2 aromatic rings. The molecule has 1 aliphatic heterocycles. The van der Waals surface area contributed by atoms with Crippen molar-refractivity contribution in [2.24, 2.45) is 0 Å². The fourth-order valence-corrected chi connectivity index (χ4v) is 4.99. The van der Waals surface area contributed by atoms with E-state index in [2.05, 4.69) is 14.9 Å². The van der Waals surface area contributed by atoms with Gasteiger partial charge in [-0.3, -0.25) is 4.79 Å². The maximum Gasteiger partial charge on any atom is 0.348 e. The zero-order chi connectivity index (χ0) is 18.0. The number of nitrogens with one attached hydrogen (secondary N) is 1. The average molecular weight is 398 g/mol. The Morgan fingerprint density at radius 3 is 2.84 bits per heavy atom. The number of carbonyl (C=O) groups is 1. The fraction of sp³-hybridized carbons (Fsp3) is 0.500. The highest BCUT2D eigenvalue weighted by Gasteiger charge is 2.21. The fourth-order valence-electron chi connectivity index (χ4n) is 2.77. The molecular weight excluding hydrogens is 378 g/mol. The number of aromatic amines is 1. The first-order chi connectivity index (χ1) is 12.0. The Labute approximate surface area is 159 Å². The van der Waals surface area contributed by atoms with Crippen molar-refractivity contribution in [2.45, 2.75) is 32.4 Å². The number of hydrogen-bond donors (Lipinski definition) is 1. The number of aromatic nitrogens is 2. The number of thioether (sulfide) groups is 1. The first-order valence-electron chi connectivity index (χ1n) is 8.12. The van der Waals surface area contributed by atoms with Gasteiger partial charge < -0.3 is 14.6 Å². The number of nitrogens with zero attached hydrogens (tertiary/aromatic N) is 2. The smallest absolute Gasteiger partial charge is 0.348 e. The molecule has 0 aromatic carbocycles. The molecule has 1 saturated heterocycles. The van der Waals surface area contributed by atoms with Gasteiger partial charge >= 0.3 is 5.97 Å². The van der Waals surface area contributed by atoms with E-state index in [-0.39, 0.29) is 5.56 Å². The minimum Gasteiger partial charge on any atom is -0.462 e. The van der Waals surface area contributed by atoms with E-state index in [4.69, 9.17) is 17.0 Å². The molecule has 0 spiro atoms. The molecule has 6 nitrogen and oxygen atoms in total. The van der Waals surface area contributed by atoms with E-state index in [1.54, 1.807) is 13.8 Å². The summed E-state index contributed by atoms with van der Waals surface area (Å²) in [4.78, 5) is 34.9. The zero-order valence-corrected chi connectivity index (χ0v) is 16.5. The van der Waals surface area contributed by atoms with Gasteiger partial charge in [0, 0.05) is 13.1 Å². The summed E-state index contributed by atoms with van der Waals surface area (Å²) in [5.41, 5.74) is 0.399. The standard InChI is InChI=1S/C16H19N3O3S3/c1-3-22-15(21)12-9(2)11-13(20)17-10(18-14(11)25-12)8-24-16(23)19-6-4-5-7-19/h3-8H2,1-2H3,(H,17,18,20). The monoisotopic (exact) mass is 397 g/mol. The van der Waals surface area contributed by atoms with Crippen molar-refractivity contribution in [2.75, 3.05) is 19.7 Å². The third-order valence-corrected chi connectivity index (χ3v) is 6.71. The topological polar surface area (TPSA) is 75.3 Å². The summed E-state index contributed by atoms with van der Waals surface area (Å²) in [5.74, 6) is 0.667. The van der Waals surface area contributed by atoms with Crippen LogP contribution in [-0.2, 0) is 10.5 Å². The second-order valence-electron chi connectivity index (χ2n) is 5.72. The molecule has 3 heterocycles. The van der Waals surface area contributed by atoms with Crippen molar-refractivity contribution in [3.8, 4) is 0 Å². The quantitative estimate of drug-likeness (QED) is 0.628. The van der Waals surface area contributed by atoms with Crippen molar-refractivity contribution in [3.05, 3.63) is 26.6 Å². The third-order valence-electron chi connectivity index (χ3n) is 4.01. The van der Waals surface area contributed by atoms with Crippen molar-refractivity contribution >= 4 is 55.8 Å². The number of hydrogen-bond acceptors (Lipinski definition) is 7. The minimum atomic E-state index is -0.409. The largest absolute Gasteiger partial charge is 0.462 e. The van der Waals surface area contributed by atoms with Gasteiger partial charge in [-0.1, -0.05) is 24.0 Å². The number of esters is 1. The van der Waals surface area contributed by atoms with Gasteiger partial charge in [-0.25, -0.2) is 9.78 Å². The maximum atomic E-state index is 12.4. The second kappa shape index (κ2) is 7.84. The Balaban J connectivity index is 1.82. The number of H-pyrrole nitrogens is 1. The van der Waals surface area contributed by atoms with Crippen molar-refractivity contribution in [3.63, 3.8) is 0 Å². The van der Waals surface area contributed by atoms with E-state index in [0.29, 0.717) is 38.8 Å². The number of likely N-dealkylation sites (tertiary alicyclic amines) is 1. The number of thiophene rings is 1. The molecule has 1 N–H and O–H groups in total. The zero-order valence-electron chi connectivity index (χ0n) is 14.1. The highest BCUT2D eigenvalue weighted by atomic mass is 32.2. The van der Waals surface area contributed by atoms with Crippen molar-refractivity contribution < 1.29 is 9.53 Å². The predicted molar refractivity (Wildman–Crippen MR) is 106 cm³/mol. The molecule has 25 heavy (non-hydrogen) atoms. The molecule has 1 aliphatic rings. The number of fused-ring (bicyclic) bond motifs is 1. The molecule has 134 valence electrons. The number of rotatable bonds is 4. The molecular formula is C16H19N3O3S3. The van der Waals surface area contributed by atoms with Gasteiger partial charge in [-0.15, -0.1) is 11.3 Å². The predicted octanol–water partition coefficient (Wildman–Crippen LogP) is 3.08. The van der Waals surface area contributed by atoms with E-state index in [9.17, 15) is 9.59 Å². The normalized spacial score (nSPS) is 14.2. The van der Waals surface area contributed by atoms with Crippen LogP contribution in [0.3, 0.4) is 0 Å². The minimum absolute atomic E-state index is 0.225. The molecule has 0 radical (unpaired) electrons. The Kier molecular flexibility index (Phi) is 5.75. The van der Waals surface area contributed by atoms with Gasteiger partial charge in [-0.2, -0.15) is 0 Å². The van der Waals surface area contributed by atoms with Crippen LogP contribution in [-0.4, -0.2) is 44.9 Å². The summed E-state index contributed by atoms with van der Waals surface area (Å²) in [7, 11) is 0. The molecule has 0 saturated carbocycles. The number of aryl methyl sites for hydroxylation is 1. The van der Waals surface area contributed by atoms with Crippen LogP contribution in [0.4, 0.5) is 0 Å². The molecule has 0 unspecified atom stereocenters. The summed E-state index contributed by atoms with van der Waals surface area (Å²) in [6, 6.07) is 0. The number of thiocarbonyl (C=S) groups is 1. The van der Waals surface area contributed by atoms with Gasteiger partial charge in [0.2, 0.25) is 0 Å². The van der Waals surface area contributed by atoms with Gasteiger partial charge in [0.15, 0.2) is 0 Å². The van der Waals surface area contributed by atoms with E-state index < -0.39 is 5.97 Å². The van der Waals surface area contributed by atoms with Gasteiger partial charge in [-0.05, 0) is 32.3 Å². The Morgan fingerprint density at radius 2 is 2.16 bits per heavy atom. The van der Waals surface area contributed by atoms with Crippen molar-refractivity contribution in [1.29, 1.82) is 0 Å². The summed E-state index contributed by atoms with van der Waals surface area (Å²) >= 11 is 8.15. The van der Waals surface area contributed by atoms with Crippen LogP contribution < -0.4 is 5.56 Å². The van der Waals surface area contributed by atoms with E-state index in [0.717, 1.165) is 17.4 Å². The summed E-state index contributed by atoms with van der Waals surface area (Å²) in [6.07, 6.45) is 2.35. The van der Waals surface area contributed by atoms with Crippen LogP contribution in [0.2, 0.25) is 0 Å². The first-order valence-corrected chi connectivity index (χ1v) is 10.3. The van der Waals surface area contributed by atoms with Crippen molar-refractivity contribution in [1.82, 2.24) is 14.9 Å². The number of carbonyl (C=O) groups excluding carboxylic acids is 1. The molecule has 0 bridgehead atoms. The Hall–Kier alpha value is -1.45. The van der Waals surface area contributed by atoms with E-state index >= 15 is 0 Å². The molecule has 0 aliphatic carbocycles. The average Bonchev–Trinajstić information content (AvgIpc) is 3.21. The molecule has 0 amide bonds. The lowest BCUT2D eigenvalue weighted by Gasteiger charge is -2.17. The van der Waals surface area contributed by atoms with E-state index in [1.807, 2.05) is 0 Å². The second-order valence-corrected chi connectivity index (χ2v) is 8.33. The third kappa shape index (κ3) is 3.88. The van der Waals surface area contributed by atoms with Gasteiger partial charge in [0.05, 0.1) is 17.7 Å². The maximum absolute atomic E-state index is 12.4. The van der Waals surface area contributed by atoms with E-state index in [1.165, 1.54) is 35.9 Å². The lowest BCUT2D eigenvalue weighted by molar-refractivity contribution is 0.0531. The molecule has 1 fully saturated rings. The summed E-state index contributed by atoms with van der Waals surface area (Å²) in [5, 5.41) is 0.462. The summed E-state index contributed by atoms with van der Waals surface area (Å²) in [6.45, 7) is 5.80. The molecule has 0 atom stereocenters. The van der Waals surface area contributed by atoms with Crippen LogP contribution in [0.15, 0.2) is 4.79 Å². The van der Waals surface area contributed by atoms with Crippen LogP contribution in [0.5, 0.6) is 0 Å². The van der Waals surface area contributed by atoms with Crippen LogP contribution >= 0.6 is 35.3 Å². The summed E-state index contributed by atoms with van der Waals surface area (Å²) < 4.78 is 5.89. The lowest BCUT2D eigenvalue weighted by Crippen LogP contribution is -2.23. The lowest BCUT2D eigenvalue weighted by atomic mass is 10.2. The first kappa shape index (κ1) is 18.3. The van der Waals surface area contributed by atoms with Crippen LogP contribution in [0.1, 0.15) is 40.8 Å². The molecule has 9 heteroatoms. The Morgan fingerprint density at radius 1 is 1.44 bits per heavy atom. The van der Waals surface area contributed by atoms with Crippen LogP contribution in [0, 0.1) is 6.92 Å². The molecule has 2 aromatic heterocycles.